The Morgan fingerprint density at radius 1 is 0.567 bits per heavy atom. The van der Waals surface area contributed by atoms with Crippen molar-refractivity contribution < 1.29 is 56.8 Å². The quantitative estimate of drug-likeness (QED) is 0.0203. The number of aliphatic hydroxyl groups excluding tert-OH is 3. The SMILES string of the molecule is CCCCC/C=C/C/C=C/C/C=C/CCCCCCC(=O)OC[C@H](CO[C@H]1O[C@H](CS(=O)(=O)O)[C@@H](O)C(O)C1O)OC(=O)CCCC/C=C/C/C=C/C/C=C/CCCCC. The number of rotatable bonds is 36. The van der Waals surface area contributed by atoms with Crippen molar-refractivity contribution in [1.29, 1.82) is 0 Å². The third-order valence-corrected chi connectivity index (χ3v) is 10.5. The Balaban J connectivity index is 2.51. The lowest BCUT2D eigenvalue weighted by Crippen LogP contribution is -2.60. The minimum Gasteiger partial charge on any atom is -0.462 e. The van der Waals surface area contributed by atoms with E-state index in [1.807, 2.05) is 0 Å². The summed E-state index contributed by atoms with van der Waals surface area (Å²) in [5, 5.41) is 30.9. The lowest BCUT2D eigenvalue weighted by molar-refractivity contribution is -0.297. The molecule has 344 valence electrons. The largest absolute Gasteiger partial charge is 0.462 e. The molecule has 4 N–H and O–H groups in total. The van der Waals surface area contributed by atoms with Crippen LogP contribution in [0.5, 0.6) is 0 Å². The first kappa shape index (κ1) is 55.1. The maximum absolute atomic E-state index is 12.8. The fourth-order valence-electron chi connectivity index (χ4n) is 6.22. The van der Waals surface area contributed by atoms with Crippen LogP contribution in [0.15, 0.2) is 72.9 Å². The topological polar surface area (TPSA) is 186 Å². The zero-order valence-corrected chi connectivity index (χ0v) is 37.3. The number of aliphatic hydroxyl groups is 3. The van der Waals surface area contributed by atoms with Crippen LogP contribution in [0.4, 0.5) is 0 Å². The van der Waals surface area contributed by atoms with Crippen LogP contribution in [0.25, 0.3) is 0 Å². The van der Waals surface area contributed by atoms with Gasteiger partial charge in [0.1, 0.15) is 36.8 Å². The molecule has 0 aromatic heterocycles. The standard InChI is InChI=1S/C47H78O12S/c1-3-5-7-9-11-13-15-17-19-20-22-23-25-27-29-31-33-35-42(48)56-37-40(38-57-47-46(52)45(51)44(50)41(59-47)39-60(53,54)55)58-43(49)36-34-32-30-28-26-24-21-18-16-14-12-10-8-6-4-2/h11-14,17-19,21-23,26,28,40-41,44-47,50-52H,3-10,15-16,20,24-25,27,29-39H2,1-2H3,(H,53,54,55)/b13-11+,14-12+,19-17+,21-18+,23-22+,28-26+/t40-,41-,44-,45?,46?,47+/m1/s1. The second-order valence-electron chi connectivity index (χ2n) is 15.4. The van der Waals surface area contributed by atoms with Gasteiger partial charge >= 0.3 is 11.9 Å². The van der Waals surface area contributed by atoms with E-state index in [0.29, 0.717) is 12.8 Å². The van der Waals surface area contributed by atoms with Crippen molar-refractivity contribution in [2.24, 2.45) is 0 Å². The molecule has 0 aromatic carbocycles. The molecule has 1 rings (SSSR count). The molecule has 0 aromatic rings. The summed E-state index contributed by atoms with van der Waals surface area (Å²) in [7, 11) is -4.61. The summed E-state index contributed by atoms with van der Waals surface area (Å²) in [6, 6.07) is 0. The Hall–Kier alpha value is -2.91. The molecule has 0 saturated carbocycles. The number of carbonyl (C=O) groups is 2. The second-order valence-corrected chi connectivity index (χ2v) is 16.9. The predicted octanol–water partition coefficient (Wildman–Crippen LogP) is 9.11. The lowest BCUT2D eigenvalue weighted by Gasteiger charge is -2.40. The number of carbonyl (C=O) groups excluding carboxylic acids is 2. The third-order valence-electron chi connectivity index (χ3n) is 9.76. The molecule has 60 heavy (non-hydrogen) atoms. The van der Waals surface area contributed by atoms with Crippen LogP contribution in [0, 0.1) is 0 Å². The lowest BCUT2D eigenvalue weighted by atomic mass is 10.00. The summed E-state index contributed by atoms with van der Waals surface area (Å²) in [5.41, 5.74) is 0. The van der Waals surface area contributed by atoms with Gasteiger partial charge in [0.2, 0.25) is 0 Å². The maximum Gasteiger partial charge on any atom is 0.306 e. The van der Waals surface area contributed by atoms with Crippen molar-refractivity contribution in [1.82, 2.24) is 0 Å². The van der Waals surface area contributed by atoms with Gasteiger partial charge < -0.3 is 34.3 Å². The van der Waals surface area contributed by atoms with Gasteiger partial charge in [-0.25, -0.2) is 0 Å². The van der Waals surface area contributed by atoms with Crippen molar-refractivity contribution in [3.05, 3.63) is 72.9 Å². The van der Waals surface area contributed by atoms with E-state index in [4.69, 9.17) is 18.9 Å². The highest BCUT2D eigenvalue weighted by atomic mass is 32.2. The highest BCUT2D eigenvalue weighted by Crippen LogP contribution is 2.24. The molecule has 2 unspecified atom stereocenters. The van der Waals surface area contributed by atoms with Gasteiger partial charge in [-0.1, -0.05) is 125 Å². The average Bonchev–Trinajstić information content (AvgIpc) is 3.21. The van der Waals surface area contributed by atoms with Crippen molar-refractivity contribution >= 4 is 22.1 Å². The van der Waals surface area contributed by atoms with E-state index >= 15 is 0 Å². The molecule has 0 amide bonds. The van der Waals surface area contributed by atoms with Crippen LogP contribution in [-0.4, -0.2) is 96.0 Å². The van der Waals surface area contributed by atoms with Gasteiger partial charge in [-0.05, 0) is 89.9 Å². The third kappa shape index (κ3) is 31.0. The van der Waals surface area contributed by atoms with Gasteiger partial charge in [0.15, 0.2) is 12.4 Å². The number of hydrogen-bond donors (Lipinski definition) is 4. The van der Waals surface area contributed by atoms with Gasteiger partial charge in [0.05, 0.1) is 6.61 Å². The number of allylic oxidation sites excluding steroid dienone is 12. The highest BCUT2D eigenvalue weighted by Gasteiger charge is 2.46. The normalized spacial score (nSPS) is 20.8. The van der Waals surface area contributed by atoms with Crippen LogP contribution < -0.4 is 0 Å². The van der Waals surface area contributed by atoms with Gasteiger partial charge in [-0.15, -0.1) is 0 Å². The summed E-state index contributed by atoms with van der Waals surface area (Å²) in [5.74, 6) is -2.07. The first-order chi connectivity index (χ1) is 29.0. The molecule has 0 bridgehead atoms. The molecule has 0 radical (unpaired) electrons. The summed E-state index contributed by atoms with van der Waals surface area (Å²) >= 11 is 0. The summed E-state index contributed by atoms with van der Waals surface area (Å²) < 4.78 is 54.0. The Bertz CT molecular complexity index is 1390. The zero-order valence-electron chi connectivity index (χ0n) is 36.5. The van der Waals surface area contributed by atoms with Gasteiger partial charge in [0.25, 0.3) is 10.1 Å². The van der Waals surface area contributed by atoms with E-state index in [1.165, 1.54) is 38.5 Å². The van der Waals surface area contributed by atoms with Gasteiger partial charge in [0, 0.05) is 12.8 Å². The van der Waals surface area contributed by atoms with E-state index in [9.17, 15) is 37.9 Å². The van der Waals surface area contributed by atoms with Gasteiger partial charge in [-0.2, -0.15) is 8.42 Å². The fraction of sp³-hybridized carbons (Fsp3) is 0.702. The molecule has 0 aliphatic carbocycles. The molecule has 0 spiro atoms. The van der Waals surface area contributed by atoms with Crippen LogP contribution in [0.2, 0.25) is 0 Å². The number of hydrogen-bond acceptors (Lipinski definition) is 11. The number of unbranched alkanes of at least 4 members (excludes halogenated alkanes) is 12. The minimum absolute atomic E-state index is 0.107. The number of esters is 2. The van der Waals surface area contributed by atoms with E-state index in [0.717, 1.165) is 77.0 Å². The van der Waals surface area contributed by atoms with E-state index < -0.39 is 71.2 Å². The van der Waals surface area contributed by atoms with Crippen LogP contribution in [-0.2, 0) is 38.7 Å². The van der Waals surface area contributed by atoms with Crippen molar-refractivity contribution in [3.63, 3.8) is 0 Å². The molecule has 1 saturated heterocycles. The van der Waals surface area contributed by atoms with Crippen LogP contribution in [0.1, 0.15) is 155 Å². The molecule has 1 aliphatic heterocycles. The Morgan fingerprint density at radius 2 is 1.00 bits per heavy atom. The first-order valence-electron chi connectivity index (χ1n) is 22.5. The molecule has 1 fully saturated rings. The molecule has 1 aliphatic rings. The molecular formula is C47H78O12S. The summed E-state index contributed by atoms with van der Waals surface area (Å²) in [6.07, 6.45) is 36.6. The average molecular weight is 867 g/mol. The Labute approximate surface area is 361 Å². The molecule has 13 heteroatoms. The molecular weight excluding hydrogens is 789 g/mol. The van der Waals surface area contributed by atoms with Crippen LogP contribution >= 0.6 is 0 Å². The summed E-state index contributed by atoms with van der Waals surface area (Å²) in [4.78, 5) is 25.4. The van der Waals surface area contributed by atoms with Gasteiger partial charge in [-0.3, -0.25) is 14.1 Å². The maximum atomic E-state index is 12.8. The van der Waals surface area contributed by atoms with Crippen LogP contribution in [0.3, 0.4) is 0 Å². The monoisotopic (exact) mass is 867 g/mol. The second kappa shape index (κ2) is 36.7. The van der Waals surface area contributed by atoms with E-state index in [-0.39, 0.29) is 19.4 Å². The molecule has 6 atom stereocenters. The zero-order chi connectivity index (χ0) is 44.1. The Morgan fingerprint density at radius 3 is 1.50 bits per heavy atom. The first-order valence-corrected chi connectivity index (χ1v) is 24.1. The Kier molecular flexibility index (Phi) is 33.7. The van der Waals surface area contributed by atoms with Crippen molar-refractivity contribution in [2.45, 2.75) is 192 Å². The number of ether oxygens (including phenoxy) is 4. The van der Waals surface area contributed by atoms with E-state index in [1.54, 1.807) is 0 Å². The van der Waals surface area contributed by atoms with E-state index in [2.05, 4.69) is 86.8 Å². The van der Waals surface area contributed by atoms with Crippen molar-refractivity contribution in [2.75, 3.05) is 19.0 Å². The highest BCUT2D eigenvalue weighted by molar-refractivity contribution is 7.85. The summed E-state index contributed by atoms with van der Waals surface area (Å²) in [6.45, 7) is 3.63. The predicted molar refractivity (Wildman–Crippen MR) is 238 cm³/mol. The molecule has 1 heterocycles. The minimum atomic E-state index is -4.61. The molecule has 12 nitrogen and oxygen atoms in total. The smallest absolute Gasteiger partial charge is 0.306 e. The van der Waals surface area contributed by atoms with Crippen molar-refractivity contribution in [3.8, 4) is 0 Å². The fourth-order valence-corrected chi connectivity index (χ4v) is 6.91.